The number of fused-ring (bicyclic) bond motifs is 1. The number of thiocarbonyl (C=S) groups is 1. The molecule has 0 N–H and O–H groups in total. The highest BCUT2D eigenvalue weighted by Crippen LogP contribution is 2.28. The van der Waals surface area contributed by atoms with Crippen molar-refractivity contribution in [1.29, 1.82) is 0 Å². The second-order valence-electron chi connectivity index (χ2n) is 7.39. The van der Waals surface area contributed by atoms with Crippen LogP contribution in [0.25, 0.3) is 0 Å². The molecule has 1 aliphatic carbocycles. The summed E-state index contributed by atoms with van der Waals surface area (Å²) in [5.41, 5.74) is 1.42. The number of carbonyl (C=O) groups excluding carboxylic acids is 3. The standard InChI is InChI=1S/C22H21ClN4O4S/c1-2-31-22(30)26-10-8-25(9-11-26)19(28)14-4-3-5-16(12-14)27-20(29)17-7-6-15(23)13-18(17)24-21(27)32/h3-7,12-13,17H,2,8-11H2,1H3. The Kier molecular flexibility index (Phi) is 6.38. The van der Waals surface area contributed by atoms with Crippen molar-refractivity contribution in [2.24, 2.45) is 10.9 Å². The van der Waals surface area contributed by atoms with Gasteiger partial charge in [0.2, 0.25) is 11.0 Å². The Morgan fingerprint density at radius 2 is 1.94 bits per heavy atom. The Morgan fingerprint density at radius 3 is 2.66 bits per heavy atom. The summed E-state index contributed by atoms with van der Waals surface area (Å²) in [4.78, 5) is 47.0. The normalized spacial score (nSPS) is 20.6. The van der Waals surface area contributed by atoms with Gasteiger partial charge in [-0.1, -0.05) is 23.7 Å². The van der Waals surface area contributed by atoms with Crippen molar-refractivity contribution in [3.05, 3.63) is 53.1 Å². The third-order valence-electron chi connectivity index (χ3n) is 5.40. The third-order valence-corrected chi connectivity index (χ3v) is 5.91. The highest BCUT2D eigenvalue weighted by Gasteiger charge is 2.36. The molecule has 1 fully saturated rings. The fourth-order valence-corrected chi connectivity index (χ4v) is 4.26. The summed E-state index contributed by atoms with van der Waals surface area (Å²) in [6.45, 7) is 3.67. The van der Waals surface area contributed by atoms with Crippen LogP contribution in [0, 0.1) is 5.92 Å². The summed E-state index contributed by atoms with van der Waals surface area (Å²) >= 11 is 11.4. The Morgan fingerprint density at radius 1 is 1.22 bits per heavy atom. The van der Waals surface area contributed by atoms with E-state index in [1.165, 1.54) is 4.90 Å². The molecule has 0 spiro atoms. The van der Waals surface area contributed by atoms with Gasteiger partial charge in [0.25, 0.3) is 5.91 Å². The van der Waals surface area contributed by atoms with Gasteiger partial charge in [0.1, 0.15) is 0 Å². The maximum Gasteiger partial charge on any atom is 0.409 e. The molecule has 1 atom stereocenters. The highest BCUT2D eigenvalue weighted by molar-refractivity contribution is 7.80. The molecular weight excluding hydrogens is 452 g/mol. The van der Waals surface area contributed by atoms with E-state index in [-0.39, 0.29) is 23.0 Å². The van der Waals surface area contributed by atoms with Gasteiger partial charge >= 0.3 is 6.09 Å². The minimum atomic E-state index is -0.570. The van der Waals surface area contributed by atoms with Crippen LogP contribution in [-0.2, 0) is 9.53 Å². The minimum absolute atomic E-state index is 0.102. The van der Waals surface area contributed by atoms with Crippen molar-refractivity contribution >= 4 is 58.2 Å². The lowest BCUT2D eigenvalue weighted by Crippen LogP contribution is -2.50. The number of allylic oxidation sites excluding steroid dienone is 3. The van der Waals surface area contributed by atoms with E-state index in [1.807, 2.05) is 0 Å². The van der Waals surface area contributed by atoms with Crippen molar-refractivity contribution in [2.45, 2.75) is 6.92 Å². The van der Waals surface area contributed by atoms with E-state index >= 15 is 0 Å². The van der Waals surface area contributed by atoms with Gasteiger partial charge < -0.3 is 14.5 Å². The smallest absolute Gasteiger partial charge is 0.409 e. The summed E-state index contributed by atoms with van der Waals surface area (Å²) in [5.74, 6) is -0.994. The number of amides is 3. The number of carbonyl (C=O) groups is 3. The number of ether oxygens (including phenoxy) is 1. The fraction of sp³-hybridized carbons (Fsp3) is 0.318. The lowest BCUT2D eigenvalue weighted by molar-refractivity contribution is -0.118. The molecule has 2 aliphatic heterocycles. The molecule has 1 aromatic carbocycles. The zero-order chi connectivity index (χ0) is 22.8. The molecule has 166 valence electrons. The Hall–Kier alpha value is -3.04. The average molecular weight is 473 g/mol. The maximum atomic E-state index is 13.1. The van der Waals surface area contributed by atoms with E-state index < -0.39 is 5.92 Å². The zero-order valence-electron chi connectivity index (χ0n) is 17.4. The number of rotatable bonds is 3. The number of hydrogen-bond acceptors (Lipinski definition) is 5. The van der Waals surface area contributed by atoms with E-state index in [0.717, 1.165) is 0 Å². The predicted molar refractivity (Wildman–Crippen MR) is 125 cm³/mol. The highest BCUT2D eigenvalue weighted by atomic mass is 35.5. The summed E-state index contributed by atoms with van der Waals surface area (Å²) in [5, 5.41) is 0.588. The SMILES string of the molecule is CCOC(=O)N1CCN(C(=O)c2cccc(N3C(=O)C4C=CC(Cl)=CC4=NC3=S)c2)CC1. The minimum Gasteiger partial charge on any atom is -0.450 e. The first kappa shape index (κ1) is 22.2. The fourth-order valence-electron chi connectivity index (χ4n) is 3.78. The van der Waals surface area contributed by atoms with Crippen LogP contribution in [0.5, 0.6) is 0 Å². The molecule has 8 nitrogen and oxygen atoms in total. The third kappa shape index (κ3) is 4.31. The molecule has 0 bridgehead atoms. The van der Waals surface area contributed by atoms with Crippen LogP contribution in [0.3, 0.4) is 0 Å². The Labute approximate surface area is 195 Å². The maximum absolute atomic E-state index is 13.1. The summed E-state index contributed by atoms with van der Waals surface area (Å²) < 4.78 is 5.02. The second kappa shape index (κ2) is 9.22. The molecule has 3 aliphatic rings. The number of nitrogens with zero attached hydrogens (tertiary/aromatic N) is 4. The van der Waals surface area contributed by atoms with Crippen molar-refractivity contribution < 1.29 is 19.1 Å². The molecule has 0 radical (unpaired) electrons. The summed E-state index contributed by atoms with van der Waals surface area (Å²) in [7, 11) is 0. The first-order valence-electron chi connectivity index (χ1n) is 10.2. The number of benzene rings is 1. The predicted octanol–water partition coefficient (Wildman–Crippen LogP) is 2.98. The average Bonchev–Trinajstić information content (AvgIpc) is 2.79. The van der Waals surface area contributed by atoms with Crippen molar-refractivity contribution in [2.75, 3.05) is 37.7 Å². The monoisotopic (exact) mass is 472 g/mol. The van der Waals surface area contributed by atoms with Crippen molar-refractivity contribution in [3.8, 4) is 0 Å². The number of hydrogen-bond donors (Lipinski definition) is 0. The second-order valence-corrected chi connectivity index (χ2v) is 8.19. The molecule has 1 unspecified atom stereocenters. The number of piperazine rings is 1. The zero-order valence-corrected chi connectivity index (χ0v) is 18.9. The van der Waals surface area contributed by atoms with E-state index in [0.29, 0.717) is 54.8 Å². The van der Waals surface area contributed by atoms with Gasteiger partial charge in [0.05, 0.1) is 23.9 Å². The topological polar surface area (TPSA) is 82.5 Å². The van der Waals surface area contributed by atoms with Gasteiger partial charge in [0, 0.05) is 36.8 Å². The lowest BCUT2D eigenvalue weighted by Gasteiger charge is -2.34. The summed E-state index contributed by atoms with van der Waals surface area (Å²) in [6, 6.07) is 6.76. The molecule has 1 aromatic rings. The van der Waals surface area contributed by atoms with Crippen LogP contribution in [0.15, 0.2) is 52.5 Å². The van der Waals surface area contributed by atoms with Crippen LogP contribution in [0.2, 0.25) is 0 Å². The first-order chi connectivity index (χ1) is 15.4. The van der Waals surface area contributed by atoms with Gasteiger partial charge in [0.15, 0.2) is 0 Å². The molecule has 32 heavy (non-hydrogen) atoms. The molecular formula is C22H21ClN4O4S. The Balaban J connectivity index is 1.50. The van der Waals surface area contributed by atoms with E-state index in [2.05, 4.69) is 4.99 Å². The van der Waals surface area contributed by atoms with Gasteiger partial charge in [-0.05, 0) is 49.5 Å². The van der Waals surface area contributed by atoms with E-state index in [4.69, 9.17) is 28.6 Å². The van der Waals surface area contributed by atoms with Crippen molar-refractivity contribution in [1.82, 2.24) is 9.80 Å². The van der Waals surface area contributed by atoms with Crippen LogP contribution < -0.4 is 4.90 Å². The molecule has 0 aromatic heterocycles. The van der Waals surface area contributed by atoms with Crippen molar-refractivity contribution in [3.63, 3.8) is 0 Å². The van der Waals surface area contributed by atoms with Crippen LogP contribution >= 0.6 is 23.8 Å². The van der Waals surface area contributed by atoms with E-state index in [9.17, 15) is 14.4 Å². The van der Waals surface area contributed by atoms with Gasteiger partial charge in [-0.25, -0.2) is 9.79 Å². The molecule has 3 amide bonds. The number of aliphatic imine (C=N–C) groups is 1. The molecule has 10 heteroatoms. The molecule has 4 rings (SSSR count). The largest absolute Gasteiger partial charge is 0.450 e. The first-order valence-corrected chi connectivity index (χ1v) is 11.0. The Bertz CT molecular complexity index is 1080. The molecule has 0 saturated carbocycles. The summed E-state index contributed by atoms with van der Waals surface area (Å²) in [6.07, 6.45) is 4.61. The van der Waals surface area contributed by atoms with Crippen LogP contribution in [-0.4, -0.2) is 71.3 Å². The van der Waals surface area contributed by atoms with E-state index in [1.54, 1.807) is 59.2 Å². The lowest BCUT2D eigenvalue weighted by atomic mass is 9.95. The van der Waals surface area contributed by atoms with Gasteiger partial charge in [-0.3, -0.25) is 14.5 Å². The van der Waals surface area contributed by atoms with Gasteiger partial charge in [-0.15, -0.1) is 0 Å². The quantitative estimate of drug-likeness (QED) is 0.631. The molecule has 2 heterocycles. The number of halogens is 1. The van der Waals surface area contributed by atoms with Gasteiger partial charge in [-0.2, -0.15) is 0 Å². The number of anilines is 1. The van der Waals surface area contributed by atoms with Crippen LogP contribution in [0.4, 0.5) is 10.5 Å². The van der Waals surface area contributed by atoms with Crippen LogP contribution in [0.1, 0.15) is 17.3 Å². The molecule has 1 saturated heterocycles.